The van der Waals surface area contributed by atoms with Gasteiger partial charge in [0.15, 0.2) is 0 Å². The van der Waals surface area contributed by atoms with Crippen LogP contribution >= 0.6 is 15.9 Å². The van der Waals surface area contributed by atoms with Crippen LogP contribution in [-0.4, -0.2) is 24.1 Å². The minimum absolute atomic E-state index is 0.133. The molecule has 0 atom stereocenters. The van der Waals surface area contributed by atoms with Crippen LogP contribution in [0.15, 0.2) is 22.7 Å². The van der Waals surface area contributed by atoms with Gasteiger partial charge in [0.25, 0.3) is 5.91 Å². The summed E-state index contributed by atoms with van der Waals surface area (Å²) in [6.07, 6.45) is 0.887. The van der Waals surface area contributed by atoms with Gasteiger partial charge in [-0.15, -0.1) is 0 Å². The number of hydrogen-bond acceptors (Lipinski definition) is 3. The standard InChI is InChI=1S/C10H11BrN2O2/c11-8-3-2-7(6-9(8)12)10(14)13-4-1-5-15-13/h2-3,6H,1,4-5,12H2. The number of nitrogen functional groups attached to an aromatic ring is 1. The number of carbonyl (C=O) groups is 1. The molecule has 1 heterocycles. The number of rotatable bonds is 1. The van der Waals surface area contributed by atoms with Crippen molar-refractivity contribution in [1.29, 1.82) is 0 Å². The Morgan fingerprint density at radius 2 is 2.33 bits per heavy atom. The second kappa shape index (κ2) is 4.20. The summed E-state index contributed by atoms with van der Waals surface area (Å²) in [5, 5.41) is 1.38. The minimum Gasteiger partial charge on any atom is -0.398 e. The first kappa shape index (κ1) is 10.4. The molecular formula is C10H11BrN2O2. The molecule has 1 aromatic rings. The monoisotopic (exact) mass is 270 g/mol. The third-order valence-electron chi connectivity index (χ3n) is 2.22. The highest BCUT2D eigenvalue weighted by Crippen LogP contribution is 2.21. The fourth-order valence-electron chi connectivity index (χ4n) is 1.43. The number of anilines is 1. The zero-order valence-electron chi connectivity index (χ0n) is 8.07. The Balaban J connectivity index is 2.21. The molecule has 1 fully saturated rings. The van der Waals surface area contributed by atoms with Crippen LogP contribution in [-0.2, 0) is 4.84 Å². The van der Waals surface area contributed by atoms with Gasteiger partial charge in [-0.1, -0.05) is 0 Å². The number of hydrogen-bond donors (Lipinski definition) is 1. The molecule has 0 aliphatic carbocycles. The van der Waals surface area contributed by atoms with Crippen molar-refractivity contribution in [1.82, 2.24) is 5.06 Å². The van der Waals surface area contributed by atoms with E-state index in [4.69, 9.17) is 10.6 Å². The van der Waals surface area contributed by atoms with E-state index >= 15 is 0 Å². The van der Waals surface area contributed by atoms with E-state index in [9.17, 15) is 4.79 Å². The molecule has 0 saturated carbocycles. The predicted molar refractivity (Wildman–Crippen MR) is 60.2 cm³/mol. The fraction of sp³-hybridized carbons (Fsp3) is 0.300. The summed E-state index contributed by atoms with van der Waals surface area (Å²) < 4.78 is 0.793. The Hall–Kier alpha value is -1.07. The lowest BCUT2D eigenvalue weighted by molar-refractivity contribution is -0.0768. The van der Waals surface area contributed by atoms with Crippen LogP contribution in [0, 0.1) is 0 Å². The van der Waals surface area contributed by atoms with Gasteiger partial charge in [0.1, 0.15) is 0 Å². The number of benzene rings is 1. The molecule has 1 aromatic carbocycles. The summed E-state index contributed by atoms with van der Waals surface area (Å²) >= 11 is 3.28. The molecule has 0 bridgehead atoms. The van der Waals surface area contributed by atoms with E-state index in [0.717, 1.165) is 10.9 Å². The van der Waals surface area contributed by atoms with Crippen LogP contribution in [0.4, 0.5) is 5.69 Å². The maximum Gasteiger partial charge on any atom is 0.277 e. The van der Waals surface area contributed by atoms with E-state index in [-0.39, 0.29) is 5.91 Å². The Labute approximate surface area is 96.1 Å². The van der Waals surface area contributed by atoms with Gasteiger partial charge >= 0.3 is 0 Å². The summed E-state index contributed by atoms with van der Waals surface area (Å²) in [5.74, 6) is -0.133. The van der Waals surface area contributed by atoms with E-state index in [1.165, 1.54) is 5.06 Å². The first-order valence-corrected chi connectivity index (χ1v) is 5.47. The van der Waals surface area contributed by atoms with Gasteiger partial charge in [-0.05, 0) is 40.5 Å². The highest BCUT2D eigenvalue weighted by atomic mass is 79.9. The molecular weight excluding hydrogens is 260 g/mol. The quantitative estimate of drug-likeness (QED) is 0.792. The first-order valence-electron chi connectivity index (χ1n) is 4.68. The van der Waals surface area contributed by atoms with E-state index in [0.29, 0.717) is 24.4 Å². The summed E-state index contributed by atoms with van der Waals surface area (Å²) in [6, 6.07) is 5.14. The van der Waals surface area contributed by atoms with Crippen molar-refractivity contribution in [2.24, 2.45) is 0 Å². The molecule has 2 N–H and O–H groups in total. The highest BCUT2D eigenvalue weighted by molar-refractivity contribution is 9.10. The maximum absolute atomic E-state index is 11.8. The molecule has 0 radical (unpaired) electrons. The SMILES string of the molecule is Nc1cc(C(=O)N2CCCO2)ccc1Br. The predicted octanol–water partition coefficient (Wildman–Crippen LogP) is 1.81. The topological polar surface area (TPSA) is 55.6 Å². The molecule has 1 aliphatic rings. The van der Waals surface area contributed by atoms with Crippen molar-refractivity contribution < 1.29 is 9.63 Å². The number of nitrogens with two attached hydrogens (primary N) is 1. The van der Waals surface area contributed by atoms with Crippen LogP contribution in [0.3, 0.4) is 0 Å². The fourth-order valence-corrected chi connectivity index (χ4v) is 1.68. The van der Waals surface area contributed by atoms with Gasteiger partial charge < -0.3 is 5.73 Å². The van der Waals surface area contributed by atoms with Crippen LogP contribution < -0.4 is 5.73 Å². The summed E-state index contributed by atoms with van der Waals surface area (Å²) in [4.78, 5) is 17.0. The molecule has 15 heavy (non-hydrogen) atoms. The zero-order valence-corrected chi connectivity index (χ0v) is 9.66. The van der Waals surface area contributed by atoms with Gasteiger partial charge in [0.2, 0.25) is 0 Å². The van der Waals surface area contributed by atoms with Gasteiger partial charge in [-0.25, -0.2) is 5.06 Å². The van der Waals surface area contributed by atoms with Crippen LogP contribution in [0.5, 0.6) is 0 Å². The summed E-state index contributed by atoms with van der Waals surface area (Å²) in [7, 11) is 0. The first-order chi connectivity index (χ1) is 7.18. The van der Waals surface area contributed by atoms with Crippen LogP contribution in [0.2, 0.25) is 0 Å². The van der Waals surface area contributed by atoms with Crippen molar-refractivity contribution in [3.8, 4) is 0 Å². The van der Waals surface area contributed by atoms with E-state index < -0.39 is 0 Å². The molecule has 1 amide bonds. The van der Waals surface area contributed by atoms with Gasteiger partial charge in [-0.2, -0.15) is 0 Å². The molecule has 5 heteroatoms. The number of carbonyl (C=O) groups excluding carboxylic acids is 1. The maximum atomic E-state index is 11.8. The number of hydroxylamine groups is 2. The second-order valence-corrected chi connectivity index (χ2v) is 4.18. The van der Waals surface area contributed by atoms with Crippen molar-refractivity contribution in [3.63, 3.8) is 0 Å². The van der Waals surface area contributed by atoms with Crippen molar-refractivity contribution in [2.75, 3.05) is 18.9 Å². The van der Waals surface area contributed by atoms with E-state index in [2.05, 4.69) is 15.9 Å². The third-order valence-corrected chi connectivity index (χ3v) is 2.94. The number of amides is 1. The Bertz CT molecular complexity index is 389. The van der Waals surface area contributed by atoms with Crippen LogP contribution in [0.1, 0.15) is 16.8 Å². The zero-order chi connectivity index (χ0) is 10.8. The van der Waals surface area contributed by atoms with E-state index in [1.54, 1.807) is 18.2 Å². The smallest absolute Gasteiger partial charge is 0.277 e. The minimum atomic E-state index is -0.133. The Morgan fingerprint density at radius 3 is 2.93 bits per heavy atom. The lowest BCUT2D eigenvalue weighted by Gasteiger charge is -2.14. The highest BCUT2D eigenvalue weighted by Gasteiger charge is 2.21. The van der Waals surface area contributed by atoms with Crippen molar-refractivity contribution in [2.45, 2.75) is 6.42 Å². The second-order valence-electron chi connectivity index (χ2n) is 3.33. The normalized spacial score (nSPS) is 15.7. The summed E-state index contributed by atoms with van der Waals surface area (Å²) in [6.45, 7) is 1.26. The molecule has 0 spiro atoms. The molecule has 4 nitrogen and oxygen atoms in total. The molecule has 0 aromatic heterocycles. The average Bonchev–Trinajstić information content (AvgIpc) is 2.74. The lowest BCUT2D eigenvalue weighted by atomic mass is 10.2. The lowest BCUT2D eigenvalue weighted by Crippen LogP contribution is -2.26. The molecule has 2 rings (SSSR count). The van der Waals surface area contributed by atoms with Gasteiger partial charge in [0, 0.05) is 15.7 Å². The largest absolute Gasteiger partial charge is 0.398 e. The van der Waals surface area contributed by atoms with Crippen molar-refractivity contribution in [3.05, 3.63) is 28.2 Å². The number of nitrogens with zero attached hydrogens (tertiary/aromatic N) is 1. The van der Waals surface area contributed by atoms with Crippen LogP contribution in [0.25, 0.3) is 0 Å². The van der Waals surface area contributed by atoms with E-state index in [1.807, 2.05) is 0 Å². The van der Waals surface area contributed by atoms with Crippen molar-refractivity contribution >= 4 is 27.5 Å². The van der Waals surface area contributed by atoms with Gasteiger partial charge in [-0.3, -0.25) is 9.63 Å². The number of halogens is 1. The molecule has 0 unspecified atom stereocenters. The molecule has 1 aliphatic heterocycles. The van der Waals surface area contributed by atoms with Gasteiger partial charge in [0.05, 0.1) is 13.2 Å². The third kappa shape index (κ3) is 2.13. The Kier molecular flexibility index (Phi) is 2.93. The average molecular weight is 271 g/mol. The molecule has 80 valence electrons. The molecule has 1 saturated heterocycles. The Morgan fingerprint density at radius 1 is 1.53 bits per heavy atom. The summed E-state index contributed by atoms with van der Waals surface area (Å²) in [5.41, 5.74) is 6.81.